The molecular formula is C15H18N4O. The summed E-state index contributed by atoms with van der Waals surface area (Å²) >= 11 is 0. The molecule has 2 unspecified atom stereocenters. The monoisotopic (exact) mass is 270 g/mol. The number of amides is 1. The second-order valence-corrected chi connectivity index (χ2v) is 5.19. The summed E-state index contributed by atoms with van der Waals surface area (Å²) in [5, 5.41) is 13.0. The number of fused-ring (bicyclic) bond motifs is 1. The van der Waals surface area contributed by atoms with Crippen LogP contribution in [0.1, 0.15) is 36.4 Å². The van der Waals surface area contributed by atoms with E-state index in [-0.39, 0.29) is 17.9 Å². The first kappa shape index (κ1) is 12.7. The van der Waals surface area contributed by atoms with E-state index < -0.39 is 0 Å². The van der Waals surface area contributed by atoms with Crippen molar-refractivity contribution in [2.24, 2.45) is 0 Å². The van der Waals surface area contributed by atoms with Gasteiger partial charge in [-0.2, -0.15) is 5.10 Å². The number of benzene rings is 1. The number of para-hydroxylation sites is 1. The third-order valence-corrected chi connectivity index (χ3v) is 3.77. The number of carbonyl (C=O) groups is 1. The molecule has 0 aliphatic carbocycles. The van der Waals surface area contributed by atoms with Crippen molar-refractivity contribution in [1.29, 1.82) is 0 Å². The van der Waals surface area contributed by atoms with Gasteiger partial charge in [0.05, 0.1) is 12.2 Å². The van der Waals surface area contributed by atoms with Crippen LogP contribution >= 0.6 is 0 Å². The number of nitrogens with one attached hydrogen (secondary N) is 3. The number of H-pyrrole nitrogens is 1. The number of rotatable bonds is 4. The molecule has 2 aromatic rings. The minimum atomic E-state index is -0.0224. The van der Waals surface area contributed by atoms with E-state index >= 15 is 0 Å². The van der Waals surface area contributed by atoms with Crippen LogP contribution in [0.4, 0.5) is 5.69 Å². The second kappa shape index (κ2) is 5.36. The van der Waals surface area contributed by atoms with E-state index in [1.807, 2.05) is 19.1 Å². The molecule has 1 aromatic heterocycles. The van der Waals surface area contributed by atoms with Crippen LogP contribution in [0.2, 0.25) is 0 Å². The predicted octanol–water partition coefficient (Wildman–Crippen LogP) is 2.19. The lowest BCUT2D eigenvalue weighted by Gasteiger charge is -2.14. The van der Waals surface area contributed by atoms with Crippen LogP contribution in [-0.4, -0.2) is 22.6 Å². The Morgan fingerprint density at radius 2 is 2.35 bits per heavy atom. The first-order chi connectivity index (χ1) is 9.74. The molecule has 1 aromatic carbocycles. The molecule has 0 fully saturated rings. The van der Waals surface area contributed by atoms with Gasteiger partial charge in [0.1, 0.15) is 0 Å². The molecule has 0 bridgehead atoms. The molecule has 1 amide bonds. The van der Waals surface area contributed by atoms with E-state index in [2.05, 4.69) is 33.0 Å². The van der Waals surface area contributed by atoms with E-state index in [9.17, 15) is 4.79 Å². The van der Waals surface area contributed by atoms with Crippen LogP contribution in [0, 0.1) is 0 Å². The van der Waals surface area contributed by atoms with E-state index in [0.29, 0.717) is 6.42 Å². The molecule has 2 heterocycles. The molecule has 20 heavy (non-hydrogen) atoms. The average molecular weight is 270 g/mol. The van der Waals surface area contributed by atoms with Crippen LogP contribution in [0.5, 0.6) is 0 Å². The normalized spacial score (nSPS) is 18.1. The van der Waals surface area contributed by atoms with Gasteiger partial charge < -0.3 is 10.6 Å². The van der Waals surface area contributed by atoms with E-state index in [0.717, 1.165) is 17.8 Å². The van der Waals surface area contributed by atoms with Gasteiger partial charge in [0.25, 0.3) is 0 Å². The van der Waals surface area contributed by atoms with Gasteiger partial charge in [0, 0.05) is 36.3 Å². The van der Waals surface area contributed by atoms with Crippen molar-refractivity contribution in [3.8, 4) is 0 Å². The molecule has 5 nitrogen and oxygen atoms in total. The van der Waals surface area contributed by atoms with Crippen LogP contribution < -0.4 is 10.6 Å². The molecule has 5 heteroatoms. The quantitative estimate of drug-likeness (QED) is 0.797. The molecule has 104 valence electrons. The van der Waals surface area contributed by atoms with Crippen LogP contribution in [0.15, 0.2) is 36.7 Å². The molecule has 3 N–H and O–H groups in total. The predicted molar refractivity (Wildman–Crippen MR) is 77.4 cm³/mol. The zero-order chi connectivity index (χ0) is 13.9. The summed E-state index contributed by atoms with van der Waals surface area (Å²) in [5.41, 5.74) is 3.37. The van der Waals surface area contributed by atoms with Gasteiger partial charge >= 0.3 is 0 Å². The van der Waals surface area contributed by atoms with Crippen LogP contribution in [0.3, 0.4) is 0 Å². The molecule has 3 rings (SSSR count). The Balaban J connectivity index is 1.60. The first-order valence-corrected chi connectivity index (χ1v) is 6.85. The van der Waals surface area contributed by atoms with Crippen molar-refractivity contribution < 1.29 is 4.79 Å². The van der Waals surface area contributed by atoms with Crippen LogP contribution in [0.25, 0.3) is 0 Å². The zero-order valence-electron chi connectivity index (χ0n) is 11.4. The zero-order valence-corrected chi connectivity index (χ0v) is 11.4. The largest absolute Gasteiger partial charge is 0.384 e. The lowest BCUT2D eigenvalue weighted by atomic mass is 9.97. The number of nitrogens with zero attached hydrogens (tertiary/aromatic N) is 1. The Hall–Kier alpha value is -2.30. The fraction of sp³-hybridized carbons (Fsp3) is 0.333. The lowest BCUT2D eigenvalue weighted by Crippen LogP contribution is -2.28. The number of anilines is 1. The molecule has 0 saturated carbocycles. The number of aromatic nitrogens is 2. The second-order valence-electron chi connectivity index (χ2n) is 5.19. The van der Waals surface area contributed by atoms with Crippen molar-refractivity contribution >= 4 is 11.6 Å². The summed E-state index contributed by atoms with van der Waals surface area (Å²) in [4.78, 5) is 12.1. The smallest absolute Gasteiger partial charge is 0.221 e. The topological polar surface area (TPSA) is 69.8 Å². The maximum absolute atomic E-state index is 12.1. The van der Waals surface area contributed by atoms with Gasteiger partial charge in [0.2, 0.25) is 5.91 Å². The van der Waals surface area contributed by atoms with Crippen molar-refractivity contribution in [3.05, 3.63) is 47.8 Å². The standard InChI is InChI=1S/C15H18N4O/c1-10(12-8-17-18-9-12)19-15(20)6-11-7-16-14-5-3-2-4-13(11)14/h2-5,8-11,16H,6-7H2,1H3,(H,17,18)(H,19,20). The third kappa shape index (κ3) is 2.52. The maximum atomic E-state index is 12.1. The van der Waals surface area contributed by atoms with Crippen LogP contribution in [-0.2, 0) is 4.79 Å². The van der Waals surface area contributed by atoms with Gasteiger partial charge in [0.15, 0.2) is 0 Å². The van der Waals surface area contributed by atoms with Gasteiger partial charge in [-0.25, -0.2) is 0 Å². The molecular weight excluding hydrogens is 252 g/mol. The fourth-order valence-electron chi connectivity index (χ4n) is 2.64. The maximum Gasteiger partial charge on any atom is 0.221 e. The summed E-state index contributed by atoms with van der Waals surface area (Å²) in [5.74, 6) is 0.324. The molecule has 0 radical (unpaired) electrons. The minimum Gasteiger partial charge on any atom is -0.384 e. The van der Waals surface area contributed by atoms with E-state index in [4.69, 9.17) is 0 Å². The van der Waals surface area contributed by atoms with Crippen molar-refractivity contribution in [1.82, 2.24) is 15.5 Å². The Morgan fingerprint density at radius 1 is 1.50 bits per heavy atom. The average Bonchev–Trinajstić information content (AvgIpc) is 3.09. The third-order valence-electron chi connectivity index (χ3n) is 3.77. The van der Waals surface area contributed by atoms with Gasteiger partial charge in [-0.15, -0.1) is 0 Å². The van der Waals surface area contributed by atoms with E-state index in [1.54, 1.807) is 12.4 Å². The molecule has 1 aliphatic rings. The summed E-state index contributed by atoms with van der Waals surface area (Å²) < 4.78 is 0. The minimum absolute atomic E-state index is 0.0224. The fourth-order valence-corrected chi connectivity index (χ4v) is 2.64. The van der Waals surface area contributed by atoms with Gasteiger partial charge in [-0.1, -0.05) is 18.2 Å². The Morgan fingerprint density at radius 3 is 3.15 bits per heavy atom. The molecule has 2 atom stereocenters. The Kier molecular flexibility index (Phi) is 3.41. The lowest BCUT2D eigenvalue weighted by molar-refractivity contribution is -0.122. The van der Waals surface area contributed by atoms with Crippen molar-refractivity contribution in [2.45, 2.75) is 25.3 Å². The molecule has 0 saturated heterocycles. The molecule has 1 aliphatic heterocycles. The first-order valence-electron chi connectivity index (χ1n) is 6.85. The molecule has 0 spiro atoms. The van der Waals surface area contributed by atoms with E-state index in [1.165, 1.54) is 5.56 Å². The highest BCUT2D eigenvalue weighted by atomic mass is 16.1. The highest BCUT2D eigenvalue weighted by molar-refractivity contribution is 5.78. The summed E-state index contributed by atoms with van der Waals surface area (Å²) in [6, 6.07) is 8.15. The summed E-state index contributed by atoms with van der Waals surface area (Å²) in [6.07, 6.45) is 4.04. The Labute approximate surface area is 117 Å². The highest BCUT2D eigenvalue weighted by Gasteiger charge is 2.24. The van der Waals surface area contributed by atoms with Gasteiger partial charge in [-0.3, -0.25) is 9.89 Å². The number of aromatic amines is 1. The number of hydrogen-bond acceptors (Lipinski definition) is 3. The SMILES string of the molecule is CC(NC(=O)CC1CNc2ccccc21)c1cn[nH]c1. The number of carbonyl (C=O) groups excluding carboxylic acids is 1. The number of hydrogen-bond donors (Lipinski definition) is 3. The summed E-state index contributed by atoms with van der Waals surface area (Å²) in [7, 11) is 0. The van der Waals surface area contributed by atoms with Crippen molar-refractivity contribution in [2.75, 3.05) is 11.9 Å². The highest BCUT2D eigenvalue weighted by Crippen LogP contribution is 2.33. The summed E-state index contributed by atoms with van der Waals surface area (Å²) in [6.45, 7) is 2.79. The Bertz CT molecular complexity index is 594. The van der Waals surface area contributed by atoms with Gasteiger partial charge in [-0.05, 0) is 18.6 Å². The van der Waals surface area contributed by atoms with Crippen molar-refractivity contribution in [3.63, 3.8) is 0 Å².